The van der Waals surface area contributed by atoms with Gasteiger partial charge in [0, 0.05) is 22.8 Å². The van der Waals surface area contributed by atoms with Crippen molar-refractivity contribution in [3.05, 3.63) is 59.9 Å². The van der Waals surface area contributed by atoms with Gasteiger partial charge in [-0.2, -0.15) is 0 Å². The lowest BCUT2D eigenvalue weighted by molar-refractivity contribution is -0.671. The Balaban J connectivity index is 0.00000162. The van der Waals surface area contributed by atoms with Crippen LogP contribution in [0.25, 0.3) is 0 Å². The largest absolute Gasteiger partial charge is 1.00 e. The summed E-state index contributed by atoms with van der Waals surface area (Å²) in [6.07, 6.45) is 5.33. The molecule has 0 saturated carbocycles. The molecule has 0 atom stereocenters. The van der Waals surface area contributed by atoms with Crippen molar-refractivity contribution in [1.29, 1.82) is 0 Å². The van der Waals surface area contributed by atoms with E-state index in [-0.39, 0.29) is 24.0 Å². The monoisotopic (exact) mass is 371 g/mol. The predicted molar refractivity (Wildman–Crippen MR) is 73.2 cm³/mol. The van der Waals surface area contributed by atoms with Gasteiger partial charge in [-0.3, -0.25) is 0 Å². The number of thioether (sulfide) groups is 1. The maximum absolute atomic E-state index is 2.20. The zero-order valence-electron chi connectivity index (χ0n) is 10.8. The molecule has 1 heterocycles. The molecule has 0 N–H and O–H groups in total. The molecule has 0 radical (unpaired) electrons. The molecule has 1 nitrogen and oxygen atoms in total. The van der Waals surface area contributed by atoms with E-state index < -0.39 is 0 Å². The maximum Gasteiger partial charge on any atom is 0.168 e. The average Bonchev–Trinajstić information content (AvgIpc) is 2.34. The fraction of sp³-hybridized carbons (Fsp3) is 0.267. The third kappa shape index (κ3) is 4.98. The predicted octanol–water partition coefficient (Wildman–Crippen LogP) is 0.158. The standard InChI is InChI=1S/C15H18NS.HI/c1-13-3-5-15(6-4-13)17-12-9-14-7-10-16(2)11-8-14;/h3-8,10-11H,9,12H2,1-2H3;1H/q+1;/p-1. The number of rotatable bonds is 4. The fourth-order valence-electron chi connectivity index (χ4n) is 1.62. The van der Waals surface area contributed by atoms with Gasteiger partial charge in [0.15, 0.2) is 12.4 Å². The number of nitrogens with zero attached hydrogens (tertiary/aromatic N) is 1. The van der Waals surface area contributed by atoms with Gasteiger partial charge in [-0.1, -0.05) is 17.7 Å². The van der Waals surface area contributed by atoms with E-state index in [0.717, 1.165) is 12.2 Å². The Kier molecular flexibility index (Phi) is 6.71. The van der Waals surface area contributed by atoms with E-state index in [4.69, 9.17) is 0 Å². The van der Waals surface area contributed by atoms with E-state index >= 15 is 0 Å². The highest BCUT2D eigenvalue weighted by Crippen LogP contribution is 2.19. The van der Waals surface area contributed by atoms with Crippen LogP contribution in [-0.4, -0.2) is 5.75 Å². The van der Waals surface area contributed by atoms with Crippen molar-refractivity contribution in [2.75, 3.05) is 5.75 Å². The Morgan fingerprint density at radius 3 is 2.22 bits per heavy atom. The van der Waals surface area contributed by atoms with Crippen molar-refractivity contribution in [2.24, 2.45) is 7.05 Å². The van der Waals surface area contributed by atoms with Gasteiger partial charge in [0.05, 0.1) is 0 Å². The molecule has 18 heavy (non-hydrogen) atoms. The van der Waals surface area contributed by atoms with Gasteiger partial charge in [-0.15, -0.1) is 11.8 Å². The van der Waals surface area contributed by atoms with Crippen LogP contribution in [0.3, 0.4) is 0 Å². The van der Waals surface area contributed by atoms with Crippen LogP contribution in [0, 0.1) is 6.92 Å². The maximum atomic E-state index is 2.20. The summed E-state index contributed by atoms with van der Waals surface area (Å²) in [5.74, 6) is 1.14. The number of halogens is 1. The van der Waals surface area contributed by atoms with Crippen LogP contribution in [0.2, 0.25) is 0 Å². The molecule has 0 aliphatic rings. The molecular weight excluding hydrogens is 353 g/mol. The molecule has 1 aromatic heterocycles. The fourth-order valence-corrected chi connectivity index (χ4v) is 2.52. The summed E-state index contributed by atoms with van der Waals surface area (Å²) < 4.78 is 2.07. The zero-order valence-corrected chi connectivity index (χ0v) is 13.7. The van der Waals surface area contributed by atoms with Crippen LogP contribution in [0.5, 0.6) is 0 Å². The summed E-state index contributed by atoms with van der Waals surface area (Å²) in [6, 6.07) is 13.1. The van der Waals surface area contributed by atoms with Gasteiger partial charge in [0.2, 0.25) is 0 Å². The Morgan fingerprint density at radius 1 is 1.00 bits per heavy atom. The molecule has 0 spiro atoms. The van der Waals surface area contributed by atoms with Gasteiger partial charge in [-0.05, 0) is 31.0 Å². The van der Waals surface area contributed by atoms with Crippen molar-refractivity contribution < 1.29 is 28.5 Å². The van der Waals surface area contributed by atoms with Gasteiger partial charge in [0.25, 0.3) is 0 Å². The number of benzene rings is 1. The summed E-state index contributed by atoms with van der Waals surface area (Å²) >= 11 is 1.92. The van der Waals surface area contributed by atoms with Gasteiger partial charge < -0.3 is 24.0 Å². The normalized spacial score (nSPS) is 9.89. The van der Waals surface area contributed by atoms with Gasteiger partial charge in [-0.25, -0.2) is 4.57 Å². The SMILES string of the molecule is Cc1ccc(SCCc2cc[n+](C)cc2)cc1.[I-]. The first-order valence-electron chi connectivity index (χ1n) is 5.88. The molecule has 0 amide bonds. The first kappa shape index (κ1) is 15.5. The molecule has 1 aromatic carbocycles. The molecule has 0 unspecified atom stereocenters. The second-order valence-electron chi connectivity index (χ2n) is 4.28. The molecule has 0 bridgehead atoms. The second-order valence-corrected chi connectivity index (χ2v) is 5.45. The van der Waals surface area contributed by atoms with Crippen molar-refractivity contribution in [2.45, 2.75) is 18.2 Å². The number of hydrogen-bond acceptors (Lipinski definition) is 1. The van der Waals surface area contributed by atoms with Crippen molar-refractivity contribution in [3.63, 3.8) is 0 Å². The lowest BCUT2D eigenvalue weighted by Crippen LogP contribution is -3.00. The molecule has 2 rings (SSSR count). The minimum atomic E-state index is 0. The van der Waals surface area contributed by atoms with E-state index in [1.807, 2.05) is 18.8 Å². The molecular formula is C15H18INS. The summed E-state index contributed by atoms with van der Waals surface area (Å²) in [4.78, 5) is 1.36. The van der Waals surface area contributed by atoms with Crippen LogP contribution in [0.15, 0.2) is 53.7 Å². The lowest BCUT2D eigenvalue weighted by Gasteiger charge is -2.02. The smallest absolute Gasteiger partial charge is 0.168 e. The van der Waals surface area contributed by atoms with Crippen LogP contribution in [0.1, 0.15) is 11.1 Å². The van der Waals surface area contributed by atoms with Crippen LogP contribution in [0.4, 0.5) is 0 Å². The van der Waals surface area contributed by atoms with Gasteiger partial charge >= 0.3 is 0 Å². The molecule has 0 fully saturated rings. The number of aryl methyl sites for hydroxylation is 3. The third-order valence-electron chi connectivity index (χ3n) is 2.73. The minimum Gasteiger partial charge on any atom is -1.00 e. The quantitative estimate of drug-likeness (QED) is 0.421. The molecule has 0 aliphatic carbocycles. The minimum absolute atomic E-state index is 0. The molecule has 0 saturated heterocycles. The van der Waals surface area contributed by atoms with Crippen molar-refractivity contribution in [1.82, 2.24) is 0 Å². The van der Waals surface area contributed by atoms with E-state index in [2.05, 4.69) is 60.3 Å². The van der Waals surface area contributed by atoms with E-state index in [9.17, 15) is 0 Å². The first-order chi connectivity index (χ1) is 8.24. The Hall–Kier alpha value is -0.550. The van der Waals surface area contributed by atoms with Crippen LogP contribution in [-0.2, 0) is 13.5 Å². The lowest BCUT2D eigenvalue weighted by atomic mass is 10.2. The molecule has 0 aliphatic heterocycles. The average molecular weight is 371 g/mol. The molecule has 2 aromatic rings. The van der Waals surface area contributed by atoms with E-state index in [1.54, 1.807) is 0 Å². The third-order valence-corrected chi connectivity index (χ3v) is 3.74. The Bertz CT molecular complexity index is 419. The Labute approximate surface area is 131 Å². The molecule has 96 valence electrons. The van der Waals surface area contributed by atoms with Gasteiger partial charge in [0.1, 0.15) is 7.05 Å². The zero-order chi connectivity index (χ0) is 12.1. The number of pyridine rings is 1. The van der Waals surface area contributed by atoms with Crippen molar-refractivity contribution >= 4 is 11.8 Å². The number of hydrogen-bond donors (Lipinski definition) is 0. The highest BCUT2D eigenvalue weighted by molar-refractivity contribution is 7.99. The highest BCUT2D eigenvalue weighted by Gasteiger charge is 1.98. The molecule has 3 heteroatoms. The Morgan fingerprint density at radius 2 is 1.61 bits per heavy atom. The van der Waals surface area contributed by atoms with Crippen LogP contribution < -0.4 is 28.5 Å². The summed E-state index contributed by atoms with van der Waals surface area (Å²) in [5, 5.41) is 0. The summed E-state index contributed by atoms with van der Waals surface area (Å²) in [7, 11) is 2.05. The first-order valence-corrected chi connectivity index (χ1v) is 6.86. The van der Waals surface area contributed by atoms with Crippen LogP contribution >= 0.6 is 11.8 Å². The van der Waals surface area contributed by atoms with E-state index in [0.29, 0.717) is 0 Å². The summed E-state index contributed by atoms with van der Waals surface area (Å²) in [5.41, 5.74) is 2.73. The van der Waals surface area contributed by atoms with Crippen molar-refractivity contribution in [3.8, 4) is 0 Å². The highest BCUT2D eigenvalue weighted by atomic mass is 127. The second kappa shape index (κ2) is 7.79. The number of aromatic nitrogens is 1. The summed E-state index contributed by atoms with van der Waals surface area (Å²) in [6.45, 7) is 2.12. The topological polar surface area (TPSA) is 3.88 Å². The van der Waals surface area contributed by atoms with E-state index in [1.165, 1.54) is 16.0 Å².